The van der Waals surface area contributed by atoms with Crippen LogP contribution in [0.2, 0.25) is 0 Å². The van der Waals surface area contributed by atoms with Crippen LogP contribution in [0.15, 0.2) is 217 Å². The summed E-state index contributed by atoms with van der Waals surface area (Å²) in [6.45, 7) is 2.43. The molecule has 294 valence electrons. The van der Waals surface area contributed by atoms with Gasteiger partial charge in [-0.1, -0.05) is 195 Å². The normalized spacial score (nSPS) is 19.2. The quantitative estimate of drug-likeness (QED) is 0.163. The molecule has 1 aliphatic heterocycles. The van der Waals surface area contributed by atoms with Gasteiger partial charge >= 0.3 is 0 Å². The van der Waals surface area contributed by atoms with Crippen LogP contribution in [0.5, 0.6) is 0 Å². The molecular formula is C61H40N2. The van der Waals surface area contributed by atoms with Gasteiger partial charge in [0.15, 0.2) is 0 Å². The summed E-state index contributed by atoms with van der Waals surface area (Å²) in [6.07, 6.45) is 0. The predicted molar refractivity (Wildman–Crippen MR) is 259 cm³/mol. The summed E-state index contributed by atoms with van der Waals surface area (Å²) in [5, 5.41) is 3.58. The van der Waals surface area contributed by atoms with E-state index >= 15 is 0 Å². The summed E-state index contributed by atoms with van der Waals surface area (Å²) >= 11 is 0. The second-order valence-electron chi connectivity index (χ2n) is 18.1. The van der Waals surface area contributed by atoms with Crippen molar-refractivity contribution in [3.8, 4) is 44.6 Å². The molecule has 4 aliphatic rings. The van der Waals surface area contributed by atoms with Crippen LogP contribution in [0.4, 0.5) is 5.69 Å². The fourth-order valence-corrected chi connectivity index (χ4v) is 12.3. The zero-order valence-corrected chi connectivity index (χ0v) is 34.8. The van der Waals surface area contributed by atoms with E-state index in [0.29, 0.717) is 11.8 Å². The van der Waals surface area contributed by atoms with Gasteiger partial charge in [0.05, 0.1) is 28.0 Å². The van der Waals surface area contributed by atoms with E-state index in [2.05, 4.69) is 219 Å². The van der Waals surface area contributed by atoms with E-state index in [1.165, 1.54) is 94.2 Å². The first-order chi connectivity index (χ1) is 31.1. The zero-order valence-electron chi connectivity index (χ0n) is 34.8. The summed E-state index contributed by atoms with van der Waals surface area (Å²) in [4.78, 5) is 10.8. The molecule has 0 saturated heterocycles. The first kappa shape index (κ1) is 35.0. The monoisotopic (exact) mass is 800 g/mol. The zero-order chi connectivity index (χ0) is 41.4. The van der Waals surface area contributed by atoms with Gasteiger partial charge in [0.25, 0.3) is 0 Å². The Bertz CT molecular complexity index is 3540. The Morgan fingerprint density at radius 1 is 0.397 bits per heavy atom. The second-order valence-corrected chi connectivity index (χ2v) is 18.1. The molecule has 3 aliphatic carbocycles. The Labute approximate surface area is 366 Å². The highest BCUT2D eigenvalue weighted by atomic mass is 14.9. The molecule has 63 heavy (non-hydrogen) atoms. The SMILES string of the molecule is CC1(c2ccccc2)C2C(c3ccc(-c4ccc(-c5nc6ccccc6c6cc7c(cc56)-c5ccccc5C75c6ccccc6-c6ccccc65)cc4)cc3)=Nc3ccccc3C21. The van der Waals surface area contributed by atoms with Crippen molar-refractivity contribution in [2.45, 2.75) is 23.7 Å². The van der Waals surface area contributed by atoms with E-state index in [0.717, 1.165) is 22.5 Å². The Kier molecular flexibility index (Phi) is 7.04. The van der Waals surface area contributed by atoms with Gasteiger partial charge in [-0.05, 0) is 102 Å². The number of benzene rings is 9. The molecule has 0 amide bonds. The lowest BCUT2D eigenvalue weighted by Gasteiger charge is -2.30. The largest absolute Gasteiger partial charge is 0.252 e. The topological polar surface area (TPSA) is 25.2 Å². The van der Waals surface area contributed by atoms with Crippen LogP contribution in [-0.2, 0) is 10.8 Å². The standard InChI is InChI=1S/C61H40N2/c1-60(41-15-3-2-4-16-41)56-46-21-9-14-26-55(46)63-59(57(56)60)40-33-29-38(30-34-40)37-27-31-39(32-28-37)58-49-35-48-44-19-7-12-24-52(44)61(53(48)36-47(49)45-20-8-13-25-54(45)62-58)50-22-10-5-17-42(50)43-18-6-11-23-51(43)61/h2-36,56-57H,1H3. The van der Waals surface area contributed by atoms with E-state index < -0.39 is 5.41 Å². The van der Waals surface area contributed by atoms with Gasteiger partial charge in [0, 0.05) is 33.6 Å². The number of hydrogen-bond donors (Lipinski definition) is 0. The molecule has 1 aromatic heterocycles. The molecule has 2 heteroatoms. The first-order valence-corrected chi connectivity index (χ1v) is 22.2. The first-order valence-electron chi connectivity index (χ1n) is 22.2. The third-order valence-corrected chi connectivity index (χ3v) is 15.2. The van der Waals surface area contributed by atoms with Gasteiger partial charge in [-0.2, -0.15) is 0 Å². The van der Waals surface area contributed by atoms with Crippen molar-refractivity contribution in [3.05, 3.63) is 251 Å². The van der Waals surface area contributed by atoms with E-state index in [1.807, 2.05) is 0 Å². The van der Waals surface area contributed by atoms with Gasteiger partial charge in [0.2, 0.25) is 0 Å². The lowest BCUT2D eigenvalue weighted by Crippen LogP contribution is -2.25. The number of aromatic nitrogens is 1. The molecule has 1 spiro atoms. The number of aliphatic imine (C=N–C) groups is 1. The Hall–Kier alpha value is -7.68. The highest BCUT2D eigenvalue weighted by Gasteiger charge is 2.66. The molecule has 3 unspecified atom stereocenters. The van der Waals surface area contributed by atoms with E-state index in [9.17, 15) is 0 Å². The van der Waals surface area contributed by atoms with Crippen molar-refractivity contribution >= 4 is 33.1 Å². The smallest absolute Gasteiger partial charge is 0.0788 e. The van der Waals surface area contributed by atoms with Crippen molar-refractivity contribution in [1.82, 2.24) is 4.98 Å². The maximum atomic E-state index is 5.43. The number of pyridine rings is 1. The fourth-order valence-electron chi connectivity index (χ4n) is 12.3. The maximum absolute atomic E-state index is 5.43. The summed E-state index contributed by atoms with van der Waals surface area (Å²) in [5.41, 5.74) is 22.0. The average molecular weight is 801 g/mol. The molecular weight excluding hydrogens is 761 g/mol. The van der Waals surface area contributed by atoms with Gasteiger partial charge in [0.1, 0.15) is 0 Å². The summed E-state index contributed by atoms with van der Waals surface area (Å²) < 4.78 is 0. The van der Waals surface area contributed by atoms with Crippen molar-refractivity contribution in [2.24, 2.45) is 10.9 Å². The number of nitrogens with zero attached hydrogens (tertiary/aromatic N) is 2. The highest BCUT2D eigenvalue weighted by Crippen LogP contribution is 2.70. The van der Waals surface area contributed by atoms with Gasteiger partial charge in [-0.15, -0.1) is 0 Å². The molecule has 1 fully saturated rings. The minimum Gasteiger partial charge on any atom is -0.252 e. The lowest BCUT2D eigenvalue weighted by atomic mass is 9.70. The van der Waals surface area contributed by atoms with Crippen LogP contribution in [-0.4, -0.2) is 10.7 Å². The number of para-hydroxylation sites is 2. The van der Waals surface area contributed by atoms with Crippen molar-refractivity contribution in [2.75, 3.05) is 0 Å². The molecule has 0 bridgehead atoms. The summed E-state index contributed by atoms with van der Waals surface area (Å²) in [7, 11) is 0. The Balaban J connectivity index is 0.874. The highest BCUT2D eigenvalue weighted by molar-refractivity contribution is 6.14. The minimum absolute atomic E-state index is 0.0143. The van der Waals surface area contributed by atoms with Crippen molar-refractivity contribution in [3.63, 3.8) is 0 Å². The summed E-state index contributed by atoms with van der Waals surface area (Å²) in [6, 6.07) is 78.6. The molecule has 14 rings (SSSR count). The molecule has 2 heterocycles. The van der Waals surface area contributed by atoms with Gasteiger partial charge in [-0.25, -0.2) is 4.98 Å². The van der Waals surface area contributed by atoms with Crippen LogP contribution in [0.3, 0.4) is 0 Å². The second kappa shape index (κ2) is 12.7. The van der Waals surface area contributed by atoms with Gasteiger partial charge in [-0.3, -0.25) is 4.99 Å². The van der Waals surface area contributed by atoms with E-state index in [1.54, 1.807) is 0 Å². The third kappa shape index (κ3) is 4.62. The molecule has 0 radical (unpaired) electrons. The lowest BCUT2D eigenvalue weighted by molar-refractivity contribution is 0.732. The van der Waals surface area contributed by atoms with Gasteiger partial charge < -0.3 is 0 Å². The van der Waals surface area contributed by atoms with Crippen molar-refractivity contribution in [1.29, 1.82) is 0 Å². The van der Waals surface area contributed by atoms with Crippen molar-refractivity contribution < 1.29 is 0 Å². The Morgan fingerprint density at radius 3 is 1.62 bits per heavy atom. The number of hydrogen-bond acceptors (Lipinski definition) is 2. The molecule has 9 aromatic carbocycles. The fraction of sp³-hybridized carbons (Fsp3) is 0.0820. The van der Waals surface area contributed by atoms with Crippen LogP contribution in [0.25, 0.3) is 66.3 Å². The number of fused-ring (bicyclic) bond motifs is 16. The Morgan fingerprint density at radius 2 is 0.937 bits per heavy atom. The van der Waals surface area contributed by atoms with Crippen LogP contribution in [0, 0.1) is 5.92 Å². The van der Waals surface area contributed by atoms with E-state index in [-0.39, 0.29) is 5.41 Å². The average Bonchev–Trinajstić information content (AvgIpc) is 3.76. The van der Waals surface area contributed by atoms with E-state index in [4.69, 9.17) is 9.98 Å². The molecule has 10 aromatic rings. The third-order valence-electron chi connectivity index (χ3n) is 15.2. The maximum Gasteiger partial charge on any atom is 0.0788 e. The van der Waals surface area contributed by atoms with Crippen LogP contribution >= 0.6 is 0 Å². The van der Waals surface area contributed by atoms with Crippen LogP contribution in [0.1, 0.15) is 51.8 Å². The summed E-state index contributed by atoms with van der Waals surface area (Å²) in [5.74, 6) is 0.762. The number of rotatable bonds is 4. The molecule has 2 nitrogen and oxygen atoms in total. The predicted octanol–water partition coefficient (Wildman–Crippen LogP) is 14.9. The minimum atomic E-state index is -0.398. The molecule has 0 N–H and O–H groups in total. The van der Waals surface area contributed by atoms with Crippen LogP contribution < -0.4 is 0 Å². The molecule has 3 atom stereocenters. The molecule has 1 saturated carbocycles.